The van der Waals surface area contributed by atoms with E-state index in [4.69, 9.17) is 11.6 Å². The van der Waals surface area contributed by atoms with E-state index in [1.54, 1.807) is 12.1 Å². The van der Waals surface area contributed by atoms with E-state index in [1.807, 2.05) is 30.1 Å². The Kier molecular flexibility index (Phi) is 3.49. The minimum Gasteiger partial charge on any atom is -0.335 e. The van der Waals surface area contributed by atoms with E-state index in [0.717, 1.165) is 12.8 Å². The van der Waals surface area contributed by atoms with Crippen LogP contribution < -0.4 is 0 Å². The number of nitrogens with zero attached hydrogens (tertiary/aromatic N) is 1. The first kappa shape index (κ1) is 13.2. The van der Waals surface area contributed by atoms with Crippen LogP contribution in [-0.2, 0) is 6.42 Å². The number of rotatable bonds is 2. The third kappa shape index (κ3) is 2.32. The Labute approximate surface area is 124 Å². The summed E-state index contributed by atoms with van der Waals surface area (Å²) in [4.78, 5) is 14.4. The molecule has 0 N–H and O–H groups in total. The smallest absolute Gasteiger partial charge is 0.254 e. The van der Waals surface area contributed by atoms with Crippen LogP contribution in [0.3, 0.4) is 0 Å². The zero-order chi connectivity index (χ0) is 14.1. The molecule has 0 heterocycles. The van der Waals surface area contributed by atoms with Crippen molar-refractivity contribution < 1.29 is 4.79 Å². The molecule has 0 spiro atoms. The standard InChI is InChI=1S/C17H16ClNO/c1-19(17(20)13-6-4-7-14(18)11-13)16-10-9-12-5-2-3-8-15(12)16/h2-8,11,16H,9-10H2,1H3. The summed E-state index contributed by atoms with van der Waals surface area (Å²) in [5.41, 5.74) is 3.26. The summed E-state index contributed by atoms with van der Waals surface area (Å²) in [7, 11) is 1.87. The summed E-state index contributed by atoms with van der Waals surface area (Å²) in [6, 6.07) is 15.6. The van der Waals surface area contributed by atoms with Crippen molar-refractivity contribution in [2.45, 2.75) is 18.9 Å². The summed E-state index contributed by atoms with van der Waals surface area (Å²) in [5.74, 6) is 0.0224. The van der Waals surface area contributed by atoms with E-state index < -0.39 is 0 Å². The third-order valence-electron chi connectivity index (χ3n) is 3.96. The number of halogens is 1. The van der Waals surface area contributed by atoms with Crippen molar-refractivity contribution >= 4 is 17.5 Å². The molecule has 20 heavy (non-hydrogen) atoms. The normalized spacial score (nSPS) is 16.8. The average Bonchev–Trinajstić information content (AvgIpc) is 2.89. The maximum absolute atomic E-state index is 12.6. The highest BCUT2D eigenvalue weighted by atomic mass is 35.5. The first-order valence-electron chi connectivity index (χ1n) is 6.77. The van der Waals surface area contributed by atoms with Crippen molar-refractivity contribution in [3.8, 4) is 0 Å². The monoisotopic (exact) mass is 285 g/mol. The second-order valence-electron chi connectivity index (χ2n) is 5.18. The van der Waals surface area contributed by atoms with Gasteiger partial charge in [0.05, 0.1) is 6.04 Å². The Morgan fingerprint density at radius 2 is 2.00 bits per heavy atom. The van der Waals surface area contributed by atoms with Gasteiger partial charge in [0.15, 0.2) is 0 Å². The lowest BCUT2D eigenvalue weighted by molar-refractivity contribution is 0.0730. The van der Waals surface area contributed by atoms with Crippen LogP contribution in [0, 0.1) is 0 Å². The number of aryl methyl sites for hydroxylation is 1. The molecule has 0 aliphatic heterocycles. The maximum Gasteiger partial charge on any atom is 0.254 e. The SMILES string of the molecule is CN(C(=O)c1cccc(Cl)c1)C1CCc2ccccc21. The Morgan fingerprint density at radius 1 is 1.20 bits per heavy atom. The largest absolute Gasteiger partial charge is 0.335 e. The Morgan fingerprint density at radius 3 is 2.80 bits per heavy atom. The second kappa shape index (κ2) is 5.29. The molecule has 2 aromatic carbocycles. The van der Waals surface area contributed by atoms with Gasteiger partial charge in [-0.25, -0.2) is 0 Å². The fraction of sp³-hybridized carbons (Fsp3) is 0.235. The van der Waals surface area contributed by atoms with E-state index in [0.29, 0.717) is 10.6 Å². The molecule has 1 aliphatic carbocycles. The van der Waals surface area contributed by atoms with Crippen molar-refractivity contribution in [2.75, 3.05) is 7.05 Å². The zero-order valence-corrected chi connectivity index (χ0v) is 12.1. The molecular weight excluding hydrogens is 270 g/mol. The van der Waals surface area contributed by atoms with Gasteiger partial charge < -0.3 is 4.90 Å². The average molecular weight is 286 g/mol. The van der Waals surface area contributed by atoms with Crippen LogP contribution in [0.1, 0.15) is 33.9 Å². The van der Waals surface area contributed by atoms with Gasteiger partial charge >= 0.3 is 0 Å². The van der Waals surface area contributed by atoms with Crippen LogP contribution in [0.2, 0.25) is 5.02 Å². The first-order chi connectivity index (χ1) is 9.66. The van der Waals surface area contributed by atoms with E-state index >= 15 is 0 Å². The molecule has 3 rings (SSSR count). The summed E-state index contributed by atoms with van der Waals surface area (Å²) < 4.78 is 0. The summed E-state index contributed by atoms with van der Waals surface area (Å²) in [6.45, 7) is 0. The lowest BCUT2D eigenvalue weighted by atomic mass is 10.1. The zero-order valence-electron chi connectivity index (χ0n) is 11.3. The molecule has 0 bridgehead atoms. The van der Waals surface area contributed by atoms with Crippen LogP contribution in [0.4, 0.5) is 0 Å². The van der Waals surface area contributed by atoms with Crippen molar-refractivity contribution in [1.29, 1.82) is 0 Å². The van der Waals surface area contributed by atoms with Crippen LogP contribution in [-0.4, -0.2) is 17.9 Å². The van der Waals surface area contributed by atoms with Gasteiger partial charge in [-0.1, -0.05) is 41.9 Å². The summed E-state index contributed by atoms with van der Waals surface area (Å²) >= 11 is 5.96. The number of hydrogen-bond donors (Lipinski definition) is 0. The minimum absolute atomic E-state index is 0.0224. The predicted octanol–water partition coefficient (Wildman–Crippen LogP) is 4.10. The van der Waals surface area contributed by atoms with Crippen LogP contribution in [0.25, 0.3) is 0 Å². The first-order valence-corrected chi connectivity index (χ1v) is 7.15. The van der Waals surface area contributed by atoms with Crippen molar-refractivity contribution in [3.63, 3.8) is 0 Å². The molecule has 1 aliphatic rings. The molecule has 0 aromatic heterocycles. The van der Waals surface area contributed by atoms with E-state index in [2.05, 4.69) is 18.2 Å². The molecule has 0 saturated heterocycles. The molecule has 2 nitrogen and oxygen atoms in total. The van der Waals surface area contributed by atoms with Gasteiger partial charge in [-0.05, 0) is 42.2 Å². The maximum atomic E-state index is 12.6. The predicted molar refractivity (Wildman–Crippen MR) is 81.0 cm³/mol. The summed E-state index contributed by atoms with van der Waals surface area (Å²) in [5, 5.41) is 0.594. The highest BCUT2D eigenvalue weighted by Crippen LogP contribution is 2.35. The Balaban J connectivity index is 1.87. The van der Waals surface area contributed by atoms with Gasteiger partial charge in [-0.15, -0.1) is 0 Å². The lowest BCUT2D eigenvalue weighted by Crippen LogP contribution is -2.30. The molecule has 3 heteroatoms. The van der Waals surface area contributed by atoms with Crippen molar-refractivity contribution in [1.82, 2.24) is 4.90 Å². The number of fused-ring (bicyclic) bond motifs is 1. The number of hydrogen-bond acceptors (Lipinski definition) is 1. The molecule has 2 aromatic rings. The highest BCUT2D eigenvalue weighted by molar-refractivity contribution is 6.30. The van der Waals surface area contributed by atoms with Gasteiger partial charge in [0.1, 0.15) is 0 Å². The fourth-order valence-corrected chi connectivity index (χ4v) is 3.09. The van der Waals surface area contributed by atoms with Gasteiger partial charge in [-0.2, -0.15) is 0 Å². The highest BCUT2D eigenvalue weighted by Gasteiger charge is 2.28. The quantitative estimate of drug-likeness (QED) is 0.813. The topological polar surface area (TPSA) is 20.3 Å². The third-order valence-corrected chi connectivity index (χ3v) is 4.20. The van der Waals surface area contributed by atoms with Gasteiger partial charge in [0.25, 0.3) is 5.91 Å². The molecule has 1 amide bonds. The molecule has 0 saturated carbocycles. The van der Waals surface area contributed by atoms with E-state index in [9.17, 15) is 4.79 Å². The van der Waals surface area contributed by atoms with Crippen LogP contribution >= 0.6 is 11.6 Å². The summed E-state index contributed by atoms with van der Waals surface area (Å²) in [6.07, 6.45) is 2.02. The molecule has 0 radical (unpaired) electrons. The Hall–Kier alpha value is -1.80. The lowest BCUT2D eigenvalue weighted by Gasteiger charge is -2.25. The van der Waals surface area contributed by atoms with Gasteiger partial charge in [0.2, 0.25) is 0 Å². The Bertz CT molecular complexity index is 653. The van der Waals surface area contributed by atoms with Crippen molar-refractivity contribution in [2.24, 2.45) is 0 Å². The van der Waals surface area contributed by atoms with Crippen LogP contribution in [0.5, 0.6) is 0 Å². The minimum atomic E-state index is 0.0224. The number of amides is 1. The fourth-order valence-electron chi connectivity index (χ4n) is 2.90. The molecule has 1 atom stereocenters. The molecule has 102 valence electrons. The molecular formula is C17H16ClNO. The van der Waals surface area contributed by atoms with Crippen LogP contribution in [0.15, 0.2) is 48.5 Å². The van der Waals surface area contributed by atoms with Gasteiger partial charge in [-0.3, -0.25) is 4.79 Å². The number of carbonyl (C=O) groups is 1. The molecule has 0 fully saturated rings. The number of carbonyl (C=O) groups excluding carboxylic acids is 1. The molecule has 1 unspecified atom stereocenters. The number of benzene rings is 2. The van der Waals surface area contributed by atoms with E-state index in [1.165, 1.54) is 11.1 Å². The van der Waals surface area contributed by atoms with Crippen molar-refractivity contribution in [3.05, 3.63) is 70.2 Å². The second-order valence-corrected chi connectivity index (χ2v) is 5.62. The van der Waals surface area contributed by atoms with Gasteiger partial charge in [0, 0.05) is 17.6 Å². The van der Waals surface area contributed by atoms with E-state index in [-0.39, 0.29) is 11.9 Å².